The van der Waals surface area contributed by atoms with Crippen molar-refractivity contribution in [3.8, 4) is 0 Å². The van der Waals surface area contributed by atoms with E-state index in [4.69, 9.17) is 4.42 Å². The first-order valence-electron chi connectivity index (χ1n) is 9.53. The third-order valence-electron chi connectivity index (χ3n) is 5.12. The lowest BCUT2D eigenvalue weighted by Gasteiger charge is -2.33. The summed E-state index contributed by atoms with van der Waals surface area (Å²) >= 11 is 0. The van der Waals surface area contributed by atoms with Crippen LogP contribution in [0.5, 0.6) is 0 Å². The number of pyridine rings is 1. The second kappa shape index (κ2) is 7.92. The van der Waals surface area contributed by atoms with Crippen molar-refractivity contribution in [2.45, 2.75) is 38.6 Å². The molecule has 1 unspecified atom stereocenters. The molecular formula is C22H22FN3O2. The highest BCUT2D eigenvalue weighted by molar-refractivity contribution is 5.93. The van der Waals surface area contributed by atoms with Gasteiger partial charge in [-0.05, 0) is 55.5 Å². The summed E-state index contributed by atoms with van der Waals surface area (Å²) in [6, 6.07) is 9.87. The smallest absolute Gasteiger partial charge is 0.273 e. The molecule has 28 heavy (non-hydrogen) atoms. The summed E-state index contributed by atoms with van der Waals surface area (Å²) in [6.07, 6.45) is 6.66. The summed E-state index contributed by atoms with van der Waals surface area (Å²) in [5.41, 5.74) is 2.29. The zero-order chi connectivity index (χ0) is 19.5. The van der Waals surface area contributed by atoms with Crippen molar-refractivity contribution >= 4 is 5.91 Å². The van der Waals surface area contributed by atoms with Crippen molar-refractivity contribution in [2.24, 2.45) is 0 Å². The second-order valence-electron chi connectivity index (χ2n) is 7.15. The minimum absolute atomic E-state index is 0.0823. The fourth-order valence-electron chi connectivity index (χ4n) is 3.64. The van der Waals surface area contributed by atoms with Gasteiger partial charge >= 0.3 is 0 Å². The quantitative estimate of drug-likeness (QED) is 0.671. The third kappa shape index (κ3) is 3.81. The lowest BCUT2D eigenvalue weighted by atomic mass is 10.0. The van der Waals surface area contributed by atoms with Gasteiger partial charge in [-0.1, -0.05) is 18.2 Å². The van der Waals surface area contributed by atoms with E-state index in [1.807, 2.05) is 24.0 Å². The predicted molar refractivity (Wildman–Crippen MR) is 102 cm³/mol. The number of likely N-dealkylation sites (tertiary alicyclic amines) is 1. The second-order valence-corrected chi connectivity index (χ2v) is 7.15. The van der Waals surface area contributed by atoms with Gasteiger partial charge in [0.25, 0.3) is 5.91 Å². The van der Waals surface area contributed by atoms with Crippen LogP contribution in [0.15, 0.2) is 53.2 Å². The van der Waals surface area contributed by atoms with Crippen LogP contribution in [0.4, 0.5) is 4.39 Å². The lowest BCUT2D eigenvalue weighted by Crippen LogP contribution is -2.39. The number of aryl methyl sites for hydroxylation is 1. The Morgan fingerprint density at radius 1 is 1.21 bits per heavy atom. The van der Waals surface area contributed by atoms with Crippen molar-refractivity contribution < 1.29 is 13.6 Å². The van der Waals surface area contributed by atoms with Crippen LogP contribution < -0.4 is 0 Å². The molecule has 3 aromatic rings. The molecule has 0 aliphatic carbocycles. The van der Waals surface area contributed by atoms with Gasteiger partial charge in [0.15, 0.2) is 0 Å². The first-order valence-corrected chi connectivity index (χ1v) is 9.53. The summed E-state index contributed by atoms with van der Waals surface area (Å²) < 4.78 is 19.1. The molecule has 0 saturated carbocycles. The van der Waals surface area contributed by atoms with Gasteiger partial charge in [0.1, 0.15) is 23.3 Å². The average molecular weight is 379 g/mol. The molecule has 1 atom stereocenters. The summed E-state index contributed by atoms with van der Waals surface area (Å²) in [5, 5.41) is 0. The van der Waals surface area contributed by atoms with Crippen molar-refractivity contribution in [2.75, 3.05) is 6.54 Å². The van der Waals surface area contributed by atoms with Crippen LogP contribution in [0, 0.1) is 12.7 Å². The molecule has 0 spiro atoms. The van der Waals surface area contributed by atoms with E-state index in [1.165, 1.54) is 12.1 Å². The minimum Gasteiger partial charge on any atom is -0.443 e. The molecule has 6 heteroatoms. The lowest BCUT2D eigenvalue weighted by molar-refractivity contribution is 0.0563. The zero-order valence-electron chi connectivity index (χ0n) is 15.8. The molecule has 1 aromatic carbocycles. The first kappa shape index (κ1) is 18.3. The Labute approximate surface area is 163 Å². The minimum atomic E-state index is -0.261. The number of hydrogen-bond acceptors (Lipinski definition) is 4. The third-order valence-corrected chi connectivity index (χ3v) is 5.12. The Kier molecular flexibility index (Phi) is 5.19. The number of piperidine rings is 1. The van der Waals surface area contributed by atoms with E-state index in [2.05, 4.69) is 9.97 Å². The predicted octanol–water partition coefficient (Wildman–Crippen LogP) is 4.48. The maximum absolute atomic E-state index is 13.1. The topological polar surface area (TPSA) is 59.2 Å². The van der Waals surface area contributed by atoms with Crippen LogP contribution in [0.3, 0.4) is 0 Å². The molecule has 5 nitrogen and oxygen atoms in total. The van der Waals surface area contributed by atoms with Crippen LogP contribution in [-0.2, 0) is 6.42 Å². The Hall–Kier alpha value is -3.02. The number of hydrogen-bond donors (Lipinski definition) is 0. The number of nitrogens with zero attached hydrogens (tertiary/aromatic N) is 3. The van der Waals surface area contributed by atoms with Crippen molar-refractivity contribution in [3.63, 3.8) is 0 Å². The van der Waals surface area contributed by atoms with Crippen LogP contribution in [-0.4, -0.2) is 27.3 Å². The molecule has 2 aromatic heterocycles. The monoisotopic (exact) mass is 379 g/mol. The van der Waals surface area contributed by atoms with E-state index < -0.39 is 0 Å². The standard InChI is InChI=1S/C22H22FN3O2/c1-15-5-4-11-24-20(15)22(27)26-12-3-2-6-19(26)21-25-14-18(28-21)13-16-7-9-17(23)10-8-16/h4-5,7-11,14,19H,2-3,6,12-13H2,1H3. The highest BCUT2D eigenvalue weighted by Crippen LogP contribution is 2.32. The summed E-state index contributed by atoms with van der Waals surface area (Å²) in [5.74, 6) is 0.914. The SMILES string of the molecule is Cc1cccnc1C(=O)N1CCCCC1c1ncc(Cc2ccc(F)cc2)o1. The fraction of sp³-hybridized carbons (Fsp3) is 0.318. The van der Waals surface area contributed by atoms with Crippen molar-refractivity contribution in [1.82, 2.24) is 14.9 Å². The van der Waals surface area contributed by atoms with Gasteiger partial charge in [-0.2, -0.15) is 0 Å². The van der Waals surface area contributed by atoms with Gasteiger partial charge in [-0.25, -0.2) is 9.37 Å². The van der Waals surface area contributed by atoms with Gasteiger partial charge < -0.3 is 9.32 Å². The molecule has 144 valence electrons. The summed E-state index contributed by atoms with van der Waals surface area (Å²) in [4.78, 5) is 23.6. The summed E-state index contributed by atoms with van der Waals surface area (Å²) in [6.45, 7) is 2.56. The zero-order valence-corrected chi connectivity index (χ0v) is 15.8. The number of carbonyl (C=O) groups is 1. The van der Waals surface area contributed by atoms with E-state index in [9.17, 15) is 9.18 Å². The van der Waals surface area contributed by atoms with Crippen LogP contribution >= 0.6 is 0 Å². The molecule has 4 rings (SSSR count). The van der Waals surface area contributed by atoms with Gasteiger partial charge in [0.2, 0.25) is 5.89 Å². The van der Waals surface area contributed by atoms with Crippen molar-refractivity contribution in [1.29, 1.82) is 0 Å². The Morgan fingerprint density at radius 2 is 2.04 bits per heavy atom. The Balaban J connectivity index is 1.55. The van der Waals surface area contributed by atoms with Gasteiger partial charge in [0, 0.05) is 19.2 Å². The molecule has 1 aliphatic rings. The van der Waals surface area contributed by atoms with E-state index in [-0.39, 0.29) is 17.8 Å². The Morgan fingerprint density at radius 3 is 2.82 bits per heavy atom. The number of amides is 1. The largest absolute Gasteiger partial charge is 0.443 e. The molecule has 0 N–H and O–H groups in total. The van der Waals surface area contributed by atoms with Gasteiger partial charge in [-0.15, -0.1) is 0 Å². The number of benzene rings is 1. The molecule has 1 fully saturated rings. The average Bonchev–Trinajstić information content (AvgIpc) is 3.18. The van der Waals surface area contributed by atoms with Crippen LogP contribution in [0.25, 0.3) is 0 Å². The van der Waals surface area contributed by atoms with Gasteiger partial charge in [0.05, 0.1) is 6.20 Å². The first-order chi connectivity index (χ1) is 13.6. The maximum atomic E-state index is 13.1. The Bertz CT molecular complexity index is 968. The normalized spacial score (nSPS) is 16.9. The van der Waals surface area contributed by atoms with E-state index in [1.54, 1.807) is 24.5 Å². The molecule has 0 bridgehead atoms. The maximum Gasteiger partial charge on any atom is 0.273 e. The number of oxazole rings is 1. The molecule has 1 aliphatic heterocycles. The molecule has 0 radical (unpaired) electrons. The molecule has 1 amide bonds. The van der Waals surface area contributed by atoms with E-state index in [0.29, 0.717) is 30.3 Å². The van der Waals surface area contributed by atoms with E-state index >= 15 is 0 Å². The fourth-order valence-corrected chi connectivity index (χ4v) is 3.64. The van der Waals surface area contributed by atoms with Crippen LogP contribution in [0.2, 0.25) is 0 Å². The number of carbonyl (C=O) groups excluding carboxylic acids is 1. The molecule has 3 heterocycles. The number of halogens is 1. The van der Waals surface area contributed by atoms with Gasteiger partial charge in [-0.3, -0.25) is 9.78 Å². The molecular weight excluding hydrogens is 357 g/mol. The molecule has 1 saturated heterocycles. The highest BCUT2D eigenvalue weighted by Gasteiger charge is 2.33. The number of rotatable bonds is 4. The highest BCUT2D eigenvalue weighted by atomic mass is 19.1. The number of aromatic nitrogens is 2. The van der Waals surface area contributed by atoms with Crippen LogP contribution in [0.1, 0.15) is 58.6 Å². The van der Waals surface area contributed by atoms with Crippen molar-refractivity contribution in [3.05, 3.63) is 83.1 Å². The summed E-state index contributed by atoms with van der Waals surface area (Å²) in [7, 11) is 0. The van der Waals surface area contributed by atoms with E-state index in [0.717, 1.165) is 30.4 Å².